The molecule has 0 bridgehead atoms. The molecule has 0 aliphatic heterocycles. The predicted molar refractivity (Wildman–Crippen MR) is 90.2 cm³/mol. The largest absolute Gasteiger partial charge is 0.381 e. The van der Waals surface area contributed by atoms with Crippen LogP contribution in [-0.2, 0) is 4.79 Å². The molecule has 0 heterocycles. The fourth-order valence-corrected chi connectivity index (χ4v) is 3.37. The number of hydrogen-bond acceptors (Lipinski definition) is 3. The molecule has 2 rings (SSSR count). The zero-order chi connectivity index (χ0) is 16.9. The van der Waals surface area contributed by atoms with Gasteiger partial charge < -0.3 is 10.0 Å². The van der Waals surface area contributed by atoms with Gasteiger partial charge in [-0.3, -0.25) is 9.59 Å². The number of rotatable bonds is 6. The Bertz CT molecular complexity index is 543. The first-order chi connectivity index (χ1) is 11.0. The number of carbonyl (C=O) groups is 2. The smallest absolute Gasteiger partial charge is 0.228 e. The summed E-state index contributed by atoms with van der Waals surface area (Å²) in [6, 6.07) is 8.81. The molecule has 4 heteroatoms. The van der Waals surface area contributed by atoms with Gasteiger partial charge in [-0.1, -0.05) is 56.5 Å². The quantitative estimate of drug-likeness (QED) is 0.820. The number of aliphatic hydroxyl groups is 1. The molecule has 0 spiro atoms. The Labute approximate surface area is 138 Å². The van der Waals surface area contributed by atoms with E-state index in [9.17, 15) is 14.7 Å². The van der Waals surface area contributed by atoms with E-state index < -0.39 is 11.5 Å². The van der Waals surface area contributed by atoms with Crippen LogP contribution in [0.15, 0.2) is 30.3 Å². The minimum absolute atomic E-state index is 0.107. The van der Waals surface area contributed by atoms with E-state index >= 15 is 0 Å². The average molecular weight is 317 g/mol. The minimum Gasteiger partial charge on any atom is -0.381 e. The summed E-state index contributed by atoms with van der Waals surface area (Å²) in [6.07, 6.45) is 4.53. The lowest BCUT2D eigenvalue weighted by molar-refractivity contribution is -0.144. The van der Waals surface area contributed by atoms with Gasteiger partial charge in [0.25, 0.3) is 0 Å². The SMILES string of the molecule is CCCCN(C)C(=O)C1CCCCC1(O)C(=O)c1ccccc1. The van der Waals surface area contributed by atoms with Gasteiger partial charge in [-0.2, -0.15) is 0 Å². The van der Waals surface area contributed by atoms with Gasteiger partial charge in [-0.25, -0.2) is 0 Å². The Kier molecular flexibility index (Phi) is 5.94. The van der Waals surface area contributed by atoms with Gasteiger partial charge in [0.2, 0.25) is 5.91 Å². The van der Waals surface area contributed by atoms with Crippen LogP contribution in [0.1, 0.15) is 55.8 Å². The summed E-state index contributed by atoms with van der Waals surface area (Å²) in [5.41, 5.74) is -1.09. The molecule has 2 unspecified atom stereocenters. The van der Waals surface area contributed by atoms with Crippen LogP contribution in [-0.4, -0.2) is 40.9 Å². The van der Waals surface area contributed by atoms with Crippen molar-refractivity contribution in [3.05, 3.63) is 35.9 Å². The predicted octanol–water partition coefficient (Wildman–Crippen LogP) is 3.05. The second kappa shape index (κ2) is 7.73. The van der Waals surface area contributed by atoms with Gasteiger partial charge in [0.1, 0.15) is 5.60 Å². The molecule has 1 fully saturated rings. The van der Waals surface area contributed by atoms with Crippen molar-refractivity contribution >= 4 is 11.7 Å². The highest BCUT2D eigenvalue weighted by molar-refractivity contribution is 6.05. The first-order valence-electron chi connectivity index (χ1n) is 8.58. The molecule has 1 amide bonds. The second-order valence-corrected chi connectivity index (χ2v) is 6.53. The first kappa shape index (κ1) is 17.7. The Balaban J connectivity index is 2.23. The number of amides is 1. The standard InChI is InChI=1S/C19H27NO3/c1-3-4-14-20(2)18(22)16-12-8-9-13-19(16,23)17(21)15-10-6-5-7-11-15/h5-7,10-11,16,23H,3-4,8-9,12-14H2,1-2H3. The third-order valence-corrected chi connectivity index (χ3v) is 4.83. The van der Waals surface area contributed by atoms with Crippen molar-refractivity contribution < 1.29 is 14.7 Å². The number of carbonyl (C=O) groups excluding carboxylic acids is 2. The van der Waals surface area contributed by atoms with Crippen LogP contribution in [0.5, 0.6) is 0 Å². The molecule has 126 valence electrons. The summed E-state index contributed by atoms with van der Waals surface area (Å²) < 4.78 is 0. The summed E-state index contributed by atoms with van der Waals surface area (Å²) in [4.78, 5) is 27.3. The van der Waals surface area contributed by atoms with E-state index in [1.54, 1.807) is 36.2 Å². The molecule has 1 aromatic carbocycles. The monoisotopic (exact) mass is 317 g/mol. The van der Waals surface area contributed by atoms with Crippen molar-refractivity contribution in [3.8, 4) is 0 Å². The summed E-state index contributed by atoms with van der Waals surface area (Å²) in [5, 5.41) is 11.1. The molecule has 0 radical (unpaired) electrons. The van der Waals surface area contributed by atoms with Crippen molar-refractivity contribution in [1.29, 1.82) is 0 Å². The van der Waals surface area contributed by atoms with E-state index in [1.807, 2.05) is 6.07 Å². The highest BCUT2D eigenvalue weighted by Crippen LogP contribution is 2.37. The summed E-state index contributed by atoms with van der Waals surface area (Å²) in [7, 11) is 1.76. The maximum Gasteiger partial charge on any atom is 0.228 e. The van der Waals surface area contributed by atoms with E-state index in [-0.39, 0.29) is 11.7 Å². The van der Waals surface area contributed by atoms with E-state index in [0.717, 1.165) is 25.7 Å². The van der Waals surface area contributed by atoms with Crippen molar-refractivity contribution in [3.63, 3.8) is 0 Å². The molecule has 4 nitrogen and oxygen atoms in total. The van der Waals surface area contributed by atoms with Crippen LogP contribution >= 0.6 is 0 Å². The van der Waals surface area contributed by atoms with Gasteiger partial charge in [-0.05, 0) is 19.3 Å². The molecule has 2 atom stereocenters. The van der Waals surface area contributed by atoms with E-state index in [0.29, 0.717) is 24.9 Å². The number of unbranched alkanes of at least 4 members (excludes halogenated alkanes) is 1. The lowest BCUT2D eigenvalue weighted by Gasteiger charge is -2.39. The third-order valence-electron chi connectivity index (χ3n) is 4.83. The Morgan fingerprint density at radius 1 is 1.26 bits per heavy atom. The molecule has 1 saturated carbocycles. The van der Waals surface area contributed by atoms with Gasteiger partial charge in [0.05, 0.1) is 5.92 Å². The topological polar surface area (TPSA) is 57.6 Å². The van der Waals surface area contributed by atoms with Crippen molar-refractivity contribution in [2.75, 3.05) is 13.6 Å². The molecule has 1 aliphatic rings. The molecule has 1 aliphatic carbocycles. The normalized spacial score (nSPS) is 24.2. The first-order valence-corrected chi connectivity index (χ1v) is 8.58. The van der Waals surface area contributed by atoms with E-state index in [4.69, 9.17) is 0 Å². The Hall–Kier alpha value is -1.68. The Morgan fingerprint density at radius 2 is 1.96 bits per heavy atom. The van der Waals surface area contributed by atoms with Gasteiger partial charge in [-0.15, -0.1) is 0 Å². The summed E-state index contributed by atoms with van der Waals surface area (Å²) in [6.45, 7) is 2.75. The molecule has 0 aromatic heterocycles. The molecular formula is C19H27NO3. The summed E-state index contributed by atoms with van der Waals surface area (Å²) in [5.74, 6) is -1.06. The third kappa shape index (κ3) is 3.81. The van der Waals surface area contributed by atoms with Crippen molar-refractivity contribution in [2.45, 2.75) is 51.0 Å². The van der Waals surface area contributed by atoms with E-state index in [2.05, 4.69) is 6.92 Å². The fourth-order valence-electron chi connectivity index (χ4n) is 3.37. The van der Waals surface area contributed by atoms with Gasteiger partial charge >= 0.3 is 0 Å². The zero-order valence-corrected chi connectivity index (χ0v) is 14.1. The Morgan fingerprint density at radius 3 is 2.61 bits per heavy atom. The molecule has 1 aromatic rings. The average Bonchev–Trinajstić information content (AvgIpc) is 2.59. The zero-order valence-electron chi connectivity index (χ0n) is 14.1. The van der Waals surface area contributed by atoms with Crippen LogP contribution in [0, 0.1) is 5.92 Å². The van der Waals surface area contributed by atoms with Crippen molar-refractivity contribution in [1.82, 2.24) is 4.90 Å². The van der Waals surface area contributed by atoms with Gasteiger partial charge in [0.15, 0.2) is 5.78 Å². The second-order valence-electron chi connectivity index (χ2n) is 6.53. The fraction of sp³-hybridized carbons (Fsp3) is 0.579. The van der Waals surface area contributed by atoms with Crippen LogP contribution in [0.25, 0.3) is 0 Å². The highest BCUT2D eigenvalue weighted by Gasteiger charge is 2.49. The lowest BCUT2D eigenvalue weighted by atomic mass is 9.71. The van der Waals surface area contributed by atoms with Crippen LogP contribution in [0.4, 0.5) is 0 Å². The molecule has 0 saturated heterocycles. The van der Waals surface area contributed by atoms with Crippen molar-refractivity contribution in [2.24, 2.45) is 5.92 Å². The maximum atomic E-state index is 12.9. The minimum atomic E-state index is -1.57. The van der Waals surface area contributed by atoms with Gasteiger partial charge in [0, 0.05) is 19.2 Å². The number of Topliss-reactive ketones (excluding diaryl/α,β-unsaturated/α-hetero) is 1. The number of ketones is 1. The molecule has 23 heavy (non-hydrogen) atoms. The van der Waals surface area contributed by atoms with Crippen LogP contribution in [0.2, 0.25) is 0 Å². The number of nitrogens with zero attached hydrogens (tertiary/aromatic N) is 1. The molecular weight excluding hydrogens is 290 g/mol. The van der Waals surface area contributed by atoms with Crippen LogP contribution in [0.3, 0.4) is 0 Å². The highest BCUT2D eigenvalue weighted by atomic mass is 16.3. The molecule has 1 N–H and O–H groups in total. The summed E-state index contributed by atoms with van der Waals surface area (Å²) >= 11 is 0. The maximum absolute atomic E-state index is 12.9. The lowest BCUT2D eigenvalue weighted by Crippen LogP contribution is -2.54. The number of hydrogen-bond donors (Lipinski definition) is 1. The van der Waals surface area contributed by atoms with Crippen LogP contribution < -0.4 is 0 Å². The number of benzene rings is 1. The van der Waals surface area contributed by atoms with E-state index in [1.165, 1.54) is 0 Å².